The minimum Gasteiger partial charge on any atom is -0.316 e. The van der Waals surface area contributed by atoms with Crippen molar-refractivity contribution in [2.24, 2.45) is 11.8 Å². The largest absolute Gasteiger partial charge is 0.316 e. The quantitative estimate of drug-likeness (QED) is 0.816. The number of hydrogen-bond donors (Lipinski definition) is 1. The van der Waals surface area contributed by atoms with Gasteiger partial charge in [0, 0.05) is 4.70 Å². The minimum absolute atomic E-state index is 0.696. The second-order valence-electron chi connectivity index (χ2n) is 5.62. The summed E-state index contributed by atoms with van der Waals surface area (Å²) in [5.74, 6) is 1.43. The summed E-state index contributed by atoms with van der Waals surface area (Å²) in [6.07, 6.45) is 1.18. The van der Waals surface area contributed by atoms with Gasteiger partial charge in [-0.1, -0.05) is 39.0 Å². The lowest BCUT2D eigenvalue weighted by Crippen LogP contribution is -2.26. The van der Waals surface area contributed by atoms with E-state index >= 15 is 0 Å². The summed E-state index contributed by atoms with van der Waals surface area (Å²) in [4.78, 5) is 0. The van der Waals surface area contributed by atoms with Crippen molar-refractivity contribution in [1.29, 1.82) is 0 Å². The summed E-state index contributed by atoms with van der Waals surface area (Å²) in [6, 6.07) is 8.72. The van der Waals surface area contributed by atoms with Gasteiger partial charge in [-0.3, -0.25) is 0 Å². The average molecular weight is 261 g/mol. The molecule has 1 aromatic heterocycles. The third kappa shape index (κ3) is 3.56. The van der Waals surface area contributed by atoms with Crippen molar-refractivity contribution in [3.63, 3.8) is 0 Å². The normalized spacial score (nSPS) is 13.3. The zero-order valence-electron chi connectivity index (χ0n) is 11.6. The smallest absolute Gasteiger partial charge is 0.0345 e. The Balaban J connectivity index is 1.92. The lowest BCUT2D eigenvalue weighted by Gasteiger charge is -2.13. The molecule has 0 aliphatic rings. The number of rotatable bonds is 6. The summed E-state index contributed by atoms with van der Waals surface area (Å²) in [7, 11) is 0. The van der Waals surface area contributed by atoms with Crippen molar-refractivity contribution < 1.29 is 0 Å². The van der Waals surface area contributed by atoms with Gasteiger partial charge in [-0.2, -0.15) is 0 Å². The second-order valence-corrected chi connectivity index (χ2v) is 6.53. The molecule has 2 aromatic rings. The van der Waals surface area contributed by atoms with E-state index in [0.29, 0.717) is 5.92 Å². The first-order valence-electron chi connectivity index (χ1n) is 6.82. The zero-order chi connectivity index (χ0) is 13.0. The van der Waals surface area contributed by atoms with E-state index in [1.165, 1.54) is 22.1 Å². The molecule has 0 bridgehead atoms. The molecule has 1 aromatic carbocycles. The molecule has 0 amide bonds. The number of nitrogens with one attached hydrogen (secondary N) is 1. The molecule has 1 unspecified atom stereocenters. The molecule has 0 saturated carbocycles. The molecule has 2 rings (SSSR count). The number of thiophene rings is 1. The highest BCUT2D eigenvalue weighted by molar-refractivity contribution is 7.17. The second kappa shape index (κ2) is 6.35. The summed E-state index contributed by atoms with van der Waals surface area (Å²) >= 11 is 1.86. The fourth-order valence-electron chi connectivity index (χ4n) is 2.26. The van der Waals surface area contributed by atoms with Gasteiger partial charge in [-0.25, -0.2) is 0 Å². The van der Waals surface area contributed by atoms with Gasteiger partial charge in [-0.05, 0) is 53.7 Å². The Morgan fingerprint density at radius 2 is 1.89 bits per heavy atom. The first-order valence-corrected chi connectivity index (χ1v) is 7.70. The predicted molar refractivity (Wildman–Crippen MR) is 82.4 cm³/mol. The van der Waals surface area contributed by atoms with Crippen molar-refractivity contribution in [2.75, 3.05) is 13.1 Å². The molecule has 0 spiro atoms. The summed E-state index contributed by atoms with van der Waals surface area (Å²) in [5, 5.41) is 7.31. The van der Waals surface area contributed by atoms with Gasteiger partial charge in [0.15, 0.2) is 0 Å². The molecule has 0 saturated heterocycles. The van der Waals surface area contributed by atoms with Crippen molar-refractivity contribution in [3.8, 4) is 0 Å². The molecule has 0 aliphatic heterocycles. The van der Waals surface area contributed by atoms with E-state index in [1.54, 1.807) is 0 Å². The first kappa shape index (κ1) is 13.6. The maximum atomic E-state index is 3.55. The van der Waals surface area contributed by atoms with Crippen LogP contribution in [0.4, 0.5) is 0 Å². The lowest BCUT2D eigenvalue weighted by atomic mass is 10.0. The first-order chi connectivity index (χ1) is 8.66. The molecule has 18 heavy (non-hydrogen) atoms. The highest BCUT2D eigenvalue weighted by Gasteiger charge is 2.08. The third-order valence-electron chi connectivity index (χ3n) is 3.17. The Morgan fingerprint density at radius 1 is 1.11 bits per heavy atom. The van der Waals surface area contributed by atoms with E-state index in [2.05, 4.69) is 55.7 Å². The molecule has 1 N–H and O–H groups in total. The highest BCUT2D eigenvalue weighted by atomic mass is 32.1. The van der Waals surface area contributed by atoms with Gasteiger partial charge in [0.2, 0.25) is 0 Å². The van der Waals surface area contributed by atoms with Crippen LogP contribution in [-0.2, 0) is 6.42 Å². The van der Waals surface area contributed by atoms with E-state index in [1.807, 2.05) is 11.3 Å². The summed E-state index contributed by atoms with van der Waals surface area (Å²) in [6.45, 7) is 9.07. The van der Waals surface area contributed by atoms with Crippen molar-refractivity contribution >= 4 is 21.4 Å². The van der Waals surface area contributed by atoms with E-state index in [-0.39, 0.29) is 0 Å². The maximum absolute atomic E-state index is 3.55. The molecule has 0 aliphatic carbocycles. The Kier molecular flexibility index (Phi) is 4.79. The van der Waals surface area contributed by atoms with Crippen LogP contribution in [0.3, 0.4) is 0 Å². The lowest BCUT2D eigenvalue weighted by molar-refractivity contribution is 0.474. The van der Waals surface area contributed by atoms with E-state index in [9.17, 15) is 0 Å². The number of hydrogen-bond acceptors (Lipinski definition) is 2. The standard InChI is InChI=1S/C16H23NS/c1-12(2)9-17-10-13(3)8-14-11-18-16-7-5-4-6-15(14)16/h4-7,11-13,17H,8-10H2,1-3H3. The van der Waals surface area contributed by atoms with Gasteiger partial charge in [0.1, 0.15) is 0 Å². The Labute approximate surface area is 114 Å². The molecular weight excluding hydrogens is 238 g/mol. The van der Waals surface area contributed by atoms with Crippen LogP contribution < -0.4 is 5.32 Å². The van der Waals surface area contributed by atoms with Gasteiger partial charge in [-0.15, -0.1) is 11.3 Å². The molecule has 1 heterocycles. The van der Waals surface area contributed by atoms with Crippen LogP contribution in [0.25, 0.3) is 10.1 Å². The van der Waals surface area contributed by atoms with Crippen LogP contribution in [0.15, 0.2) is 29.6 Å². The topological polar surface area (TPSA) is 12.0 Å². The van der Waals surface area contributed by atoms with Crippen molar-refractivity contribution in [2.45, 2.75) is 27.2 Å². The SMILES string of the molecule is CC(C)CNCC(C)Cc1csc2ccccc12. The van der Waals surface area contributed by atoms with Crippen molar-refractivity contribution in [3.05, 3.63) is 35.2 Å². The fraction of sp³-hybridized carbons (Fsp3) is 0.500. The molecular formula is C16H23NS. The van der Waals surface area contributed by atoms with Gasteiger partial charge < -0.3 is 5.32 Å². The fourth-order valence-corrected chi connectivity index (χ4v) is 3.23. The minimum atomic E-state index is 0.696. The van der Waals surface area contributed by atoms with Gasteiger partial charge in [0.05, 0.1) is 0 Å². The van der Waals surface area contributed by atoms with Gasteiger partial charge >= 0.3 is 0 Å². The molecule has 2 heteroatoms. The third-order valence-corrected chi connectivity index (χ3v) is 4.19. The van der Waals surface area contributed by atoms with Crippen LogP contribution in [0, 0.1) is 11.8 Å². The monoisotopic (exact) mass is 261 g/mol. The van der Waals surface area contributed by atoms with Crippen LogP contribution in [0.5, 0.6) is 0 Å². The van der Waals surface area contributed by atoms with Crippen LogP contribution in [-0.4, -0.2) is 13.1 Å². The van der Waals surface area contributed by atoms with E-state index in [4.69, 9.17) is 0 Å². The molecule has 1 nitrogen and oxygen atoms in total. The number of benzene rings is 1. The summed E-state index contributed by atoms with van der Waals surface area (Å²) in [5.41, 5.74) is 1.51. The van der Waals surface area contributed by atoms with Crippen LogP contribution in [0.1, 0.15) is 26.3 Å². The van der Waals surface area contributed by atoms with Crippen LogP contribution >= 0.6 is 11.3 Å². The predicted octanol–water partition coefficient (Wildman–Crippen LogP) is 4.33. The average Bonchev–Trinajstić information content (AvgIpc) is 2.72. The zero-order valence-corrected chi connectivity index (χ0v) is 12.4. The van der Waals surface area contributed by atoms with Gasteiger partial charge in [0.25, 0.3) is 0 Å². The number of fused-ring (bicyclic) bond motifs is 1. The molecule has 1 atom stereocenters. The van der Waals surface area contributed by atoms with Crippen LogP contribution in [0.2, 0.25) is 0 Å². The Morgan fingerprint density at radius 3 is 2.67 bits per heavy atom. The molecule has 0 fully saturated rings. The Bertz CT molecular complexity index is 487. The van der Waals surface area contributed by atoms with Crippen molar-refractivity contribution in [1.82, 2.24) is 5.32 Å². The maximum Gasteiger partial charge on any atom is 0.0345 e. The van der Waals surface area contributed by atoms with E-state index in [0.717, 1.165) is 19.0 Å². The highest BCUT2D eigenvalue weighted by Crippen LogP contribution is 2.27. The molecule has 98 valence electrons. The van der Waals surface area contributed by atoms with E-state index < -0.39 is 0 Å². The molecule has 0 radical (unpaired) electrons. The Hall–Kier alpha value is -0.860. The summed E-state index contributed by atoms with van der Waals surface area (Å²) < 4.78 is 1.41.